The van der Waals surface area contributed by atoms with Gasteiger partial charge in [-0.15, -0.1) is 11.3 Å². The van der Waals surface area contributed by atoms with Crippen LogP contribution in [0.3, 0.4) is 0 Å². The summed E-state index contributed by atoms with van der Waals surface area (Å²) in [7, 11) is 0. The average molecular weight is 365 g/mol. The molecule has 3 aromatic rings. The molecule has 1 aromatic heterocycles. The van der Waals surface area contributed by atoms with Crippen molar-refractivity contribution in [2.45, 2.75) is 20.8 Å². The molecule has 3 rings (SSSR count). The fourth-order valence-corrected chi connectivity index (χ4v) is 3.28. The average Bonchev–Trinajstić information content (AvgIpc) is 3.05. The Hall–Kier alpha value is -2.99. The van der Waals surface area contributed by atoms with Crippen molar-refractivity contribution < 1.29 is 9.59 Å². The zero-order chi connectivity index (χ0) is 18.7. The summed E-state index contributed by atoms with van der Waals surface area (Å²) in [6.07, 6.45) is 0. The molecule has 0 aliphatic heterocycles. The van der Waals surface area contributed by atoms with Gasteiger partial charge in [0.15, 0.2) is 5.13 Å². The van der Waals surface area contributed by atoms with E-state index in [-0.39, 0.29) is 11.8 Å². The maximum atomic E-state index is 12.5. The highest BCUT2D eigenvalue weighted by atomic mass is 32.1. The molecular weight excluding hydrogens is 346 g/mol. The van der Waals surface area contributed by atoms with Gasteiger partial charge >= 0.3 is 0 Å². The highest BCUT2D eigenvalue weighted by Gasteiger charge is 2.12. The number of aromatic nitrogens is 1. The molecule has 0 bridgehead atoms. The molecule has 6 heteroatoms. The second-order valence-corrected chi connectivity index (χ2v) is 6.93. The van der Waals surface area contributed by atoms with Crippen LogP contribution in [0.4, 0.5) is 10.8 Å². The van der Waals surface area contributed by atoms with E-state index in [1.165, 1.54) is 23.8 Å². The number of anilines is 2. The second kappa shape index (κ2) is 7.49. The van der Waals surface area contributed by atoms with Crippen molar-refractivity contribution in [1.82, 2.24) is 4.98 Å². The number of aryl methyl sites for hydroxylation is 2. The molecule has 2 amide bonds. The maximum Gasteiger partial charge on any atom is 0.257 e. The Bertz CT molecular complexity index is 979. The van der Waals surface area contributed by atoms with E-state index in [0.29, 0.717) is 16.4 Å². The Morgan fingerprint density at radius 1 is 1.04 bits per heavy atom. The summed E-state index contributed by atoms with van der Waals surface area (Å²) in [6, 6.07) is 13.0. The summed E-state index contributed by atoms with van der Waals surface area (Å²) in [4.78, 5) is 28.2. The molecule has 26 heavy (non-hydrogen) atoms. The third kappa shape index (κ3) is 4.15. The molecule has 0 atom stereocenters. The molecule has 0 saturated heterocycles. The normalized spacial score (nSPS) is 10.4. The van der Waals surface area contributed by atoms with Gasteiger partial charge in [-0.2, -0.15) is 0 Å². The van der Waals surface area contributed by atoms with Crippen LogP contribution in [-0.4, -0.2) is 16.8 Å². The van der Waals surface area contributed by atoms with Crippen LogP contribution in [-0.2, 0) is 4.79 Å². The van der Waals surface area contributed by atoms with E-state index < -0.39 is 0 Å². The summed E-state index contributed by atoms with van der Waals surface area (Å²) < 4.78 is 0. The lowest BCUT2D eigenvalue weighted by Crippen LogP contribution is -2.13. The lowest BCUT2D eigenvalue weighted by atomic mass is 10.0. The predicted molar refractivity (Wildman–Crippen MR) is 106 cm³/mol. The van der Waals surface area contributed by atoms with Gasteiger partial charge in [0, 0.05) is 29.1 Å². The summed E-state index contributed by atoms with van der Waals surface area (Å²) >= 11 is 1.38. The van der Waals surface area contributed by atoms with E-state index in [0.717, 1.165) is 16.8 Å². The van der Waals surface area contributed by atoms with Crippen molar-refractivity contribution in [2.75, 3.05) is 10.6 Å². The first-order valence-corrected chi connectivity index (χ1v) is 9.02. The van der Waals surface area contributed by atoms with Crippen LogP contribution in [0, 0.1) is 13.8 Å². The van der Waals surface area contributed by atoms with Gasteiger partial charge in [-0.25, -0.2) is 4.98 Å². The third-order valence-corrected chi connectivity index (χ3v) is 4.60. The number of nitrogens with one attached hydrogen (secondary N) is 2. The van der Waals surface area contributed by atoms with Crippen molar-refractivity contribution in [3.05, 3.63) is 64.5 Å². The molecule has 0 aliphatic rings. The number of thiazole rings is 1. The zero-order valence-electron chi connectivity index (χ0n) is 14.8. The van der Waals surface area contributed by atoms with Gasteiger partial charge in [-0.3, -0.25) is 14.9 Å². The topological polar surface area (TPSA) is 71.1 Å². The quantitative estimate of drug-likeness (QED) is 0.708. The number of hydrogen-bond donors (Lipinski definition) is 2. The van der Waals surface area contributed by atoms with E-state index in [1.807, 2.05) is 19.2 Å². The minimum absolute atomic E-state index is 0.180. The fraction of sp³-hybridized carbons (Fsp3) is 0.150. The predicted octanol–water partition coefficient (Wildman–Crippen LogP) is 4.64. The molecule has 0 aliphatic carbocycles. The van der Waals surface area contributed by atoms with Crippen molar-refractivity contribution in [2.24, 2.45) is 0 Å². The van der Waals surface area contributed by atoms with Gasteiger partial charge in [0.25, 0.3) is 5.91 Å². The largest absolute Gasteiger partial charge is 0.326 e. The summed E-state index contributed by atoms with van der Waals surface area (Å²) in [6.45, 7) is 5.51. The summed E-state index contributed by atoms with van der Waals surface area (Å²) in [5.41, 5.74) is 5.26. The van der Waals surface area contributed by atoms with Gasteiger partial charge in [0.2, 0.25) is 5.91 Å². The van der Waals surface area contributed by atoms with Crippen LogP contribution >= 0.6 is 11.3 Å². The number of rotatable bonds is 4. The monoisotopic (exact) mass is 365 g/mol. The van der Waals surface area contributed by atoms with Gasteiger partial charge in [-0.05, 0) is 43.7 Å². The second-order valence-electron chi connectivity index (χ2n) is 6.07. The van der Waals surface area contributed by atoms with Crippen LogP contribution in [0.15, 0.2) is 47.8 Å². The van der Waals surface area contributed by atoms with E-state index in [4.69, 9.17) is 0 Å². The molecule has 2 aromatic carbocycles. The molecular formula is C20H19N3O2S. The van der Waals surface area contributed by atoms with E-state index in [1.54, 1.807) is 24.3 Å². The third-order valence-electron chi connectivity index (χ3n) is 3.84. The zero-order valence-corrected chi connectivity index (χ0v) is 15.6. The molecule has 132 valence electrons. The number of nitrogens with zero attached hydrogens (tertiary/aromatic N) is 1. The van der Waals surface area contributed by atoms with E-state index in [2.05, 4.69) is 33.8 Å². The van der Waals surface area contributed by atoms with Gasteiger partial charge < -0.3 is 5.32 Å². The Kier molecular flexibility index (Phi) is 5.14. The molecule has 0 unspecified atom stereocenters. The fourth-order valence-electron chi connectivity index (χ4n) is 2.58. The first kappa shape index (κ1) is 17.8. The molecule has 0 saturated carbocycles. The number of benzene rings is 2. The number of amides is 2. The van der Waals surface area contributed by atoms with Crippen molar-refractivity contribution in [3.63, 3.8) is 0 Å². The van der Waals surface area contributed by atoms with Crippen molar-refractivity contribution in [1.29, 1.82) is 0 Å². The highest BCUT2D eigenvalue weighted by Crippen LogP contribution is 2.28. The van der Waals surface area contributed by atoms with E-state index in [9.17, 15) is 9.59 Å². The minimum atomic E-state index is -0.265. The van der Waals surface area contributed by atoms with Crippen molar-refractivity contribution >= 4 is 34.0 Å². The van der Waals surface area contributed by atoms with Gasteiger partial charge in [-0.1, -0.05) is 23.8 Å². The number of carbonyl (C=O) groups is 2. The first-order valence-electron chi connectivity index (χ1n) is 8.14. The van der Waals surface area contributed by atoms with Gasteiger partial charge in [0.1, 0.15) is 0 Å². The van der Waals surface area contributed by atoms with Crippen molar-refractivity contribution in [3.8, 4) is 11.3 Å². The molecule has 2 N–H and O–H groups in total. The van der Waals surface area contributed by atoms with Gasteiger partial charge in [0.05, 0.1) is 5.69 Å². The minimum Gasteiger partial charge on any atom is -0.326 e. The van der Waals surface area contributed by atoms with Crippen LogP contribution in [0.5, 0.6) is 0 Å². The highest BCUT2D eigenvalue weighted by molar-refractivity contribution is 7.14. The molecule has 0 fully saturated rings. The van der Waals surface area contributed by atoms with E-state index >= 15 is 0 Å². The smallest absolute Gasteiger partial charge is 0.257 e. The summed E-state index contributed by atoms with van der Waals surface area (Å²) in [5.74, 6) is -0.445. The Balaban J connectivity index is 1.78. The first-order chi connectivity index (χ1) is 12.4. The maximum absolute atomic E-state index is 12.5. The SMILES string of the molecule is CC(=O)Nc1cccc(C(=O)Nc2nc(-c3cc(C)ccc3C)cs2)c1. The molecule has 5 nitrogen and oxygen atoms in total. The lowest BCUT2D eigenvalue weighted by molar-refractivity contribution is -0.114. The van der Waals surface area contributed by atoms with Crippen LogP contribution in [0.2, 0.25) is 0 Å². The standard InChI is InChI=1S/C20H19N3O2S/c1-12-7-8-13(2)17(9-12)18-11-26-20(22-18)23-19(25)15-5-4-6-16(10-15)21-14(3)24/h4-11H,1-3H3,(H,21,24)(H,22,23,25). The number of hydrogen-bond acceptors (Lipinski definition) is 4. The summed E-state index contributed by atoms with van der Waals surface area (Å²) in [5, 5.41) is 7.96. The van der Waals surface area contributed by atoms with Crippen LogP contribution in [0.1, 0.15) is 28.4 Å². The Morgan fingerprint density at radius 2 is 1.85 bits per heavy atom. The molecule has 0 spiro atoms. The molecule has 1 heterocycles. The molecule has 0 radical (unpaired) electrons. The van der Waals surface area contributed by atoms with Crippen LogP contribution < -0.4 is 10.6 Å². The Morgan fingerprint density at radius 3 is 2.62 bits per heavy atom. The van der Waals surface area contributed by atoms with Crippen LogP contribution in [0.25, 0.3) is 11.3 Å². The lowest BCUT2D eigenvalue weighted by Gasteiger charge is -2.06. The number of carbonyl (C=O) groups excluding carboxylic acids is 2. The Labute approximate surface area is 156 Å².